The zero-order chi connectivity index (χ0) is 19.1. The Morgan fingerprint density at radius 3 is 2.42 bits per heavy atom. The summed E-state index contributed by atoms with van der Waals surface area (Å²) in [6.45, 7) is 3.31. The first-order valence-corrected chi connectivity index (χ1v) is 8.09. The normalized spacial score (nSPS) is 10.1. The van der Waals surface area contributed by atoms with E-state index in [1.165, 1.54) is 13.2 Å². The molecule has 1 amide bonds. The van der Waals surface area contributed by atoms with Crippen molar-refractivity contribution in [3.05, 3.63) is 64.7 Å². The summed E-state index contributed by atoms with van der Waals surface area (Å²) in [4.78, 5) is 35.5. The summed E-state index contributed by atoms with van der Waals surface area (Å²) in [5.41, 5.74) is 3.42. The predicted octanol–water partition coefficient (Wildman–Crippen LogP) is 2.81. The van der Waals surface area contributed by atoms with Gasteiger partial charge in [0.15, 0.2) is 6.61 Å². The van der Waals surface area contributed by atoms with Gasteiger partial charge in [-0.25, -0.2) is 4.79 Å². The first kappa shape index (κ1) is 19.2. The minimum atomic E-state index is -0.495. The molecule has 0 aliphatic rings. The Labute approximate surface area is 152 Å². The van der Waals surface area contributed by atoms with Gasteiger partial charge in [-0.15, -0.1) is 0 Å². The summed E-state index contributed by atoms with van der Waals surface area (Å²) in [6.07, 6.45) is 0.108. The lowest BCUT2D eigenvalue weighted by molar-refractivity contribution is -0.146. The molecular formula is C20H21NO5. The molecule has 0 atom stereocenters. The van der Waals surface area contributed by atoms with Crippen molar-refractivity contribution < 1.29 is 23.9 Å². The lowest BCUT2D eigenvalue weighted by Gasteiger charge is -2.11. The molecule has 0 unspecified atom stereocenters. The van der Waals surface area contributed by atoms with Gasteiger partial charge in [-0.2, -0.15) is 0 Å². The number of anilines is 1. The molecule has 0 bridgehead atoms. The summed E-state index contributed by atoms with van der Waals surface area (Å²) < 4.78 is 9.69. The van der Waals surface area contributed by atoms with E-state index < -0.39 is 24.5 Å². The van der Waals surface area contributed by atoms with Crippen molar-refractivity contribution in [1.82, 2.24) is 0 Å². The fourth-order valence-electron chi connectivity index (χ4n) is 2.35. The summed E-state index contributed by atoms with van der Waals surface area (Å²) in [7, 11) is 1.29. The lowest BCUT2D eigenvalue weighted by Crippen LogP contribution is -2.22. The molecule has 0 saturated heterocycles. The topological polar surface area (TPSA) is 81.7 Å². The van der Waals surface area contributed by atoms with Crippen LogP contribution in [-0.2, 0) is 25.5 Å². The van der Waals surface area contributed by atoms with E-state index in [-0.39, 0.29) is 6.42 Å². The van der Waals surface area contributed by atoms with Crippen LogP contribution in [0.3, 0.4) is 0 Å². The molecule has 0 radical (unpaired) electrons. The Kier molecular flexibility index (Phi) is 6.49. The minimum Gasteiger partial charge on any atom is -0.465 e. The summed E-state index contributed by atoms with van der Waals surface area (Å²) in [6, 6.07) is 12.3. The van der Waals surface area contributed by atoms with Gasteiger partial charge in [-0.3, -0.25) is 9.59 Å². The van der Waals surface area contributed by atoms with Crippen LogP contribution in [0.25, 0.3) is 0 Å². The van der Waals surface area contributed by atoms with Crippen molar-refractivity contribution in [3.63, 3.8) is 0 Å². The smallest absolute Gasteiger partial charge is 0.337 e. The second-order valence-electron chi connectivity index (χ2n) is 5.83. The second kappa shape index (κ2) is 8.80. The van der Waals surface area contributed by atoms with E-state index in [2.05, 4.69) is 10.1 Å². The third-order valence-corrected chi connectivity index (χ3v) is 3.89. The summed E-state index contributed by atoms with van der Waals surface area (Å²) in [5, 5.41) is 2.64. The first-order valence-electron chi connectivity index (χ1n) is 8.09. The Balaban J connectivity index is 1.92. The van der Waals surface area contributed by atoms with Gasteiger partial charge in [-0.1, -0.05) is 30.3 Å². The van der Waals surface area contributed by atoms with E-state index in [0.717, 1.165) is 16.7 Å². The van der Waals surface area contributed by atoms with Crippen molar-refractivity contribution in [2.75, 3.05) is 19.0 Å². The molecule has 2 aromatic carbocycles. The van der Waals surface area contributed by atoms with Gasteiger partial charge in [0, 0.05) is 5.69 Å². The van der Waals surface area contributed by atoms with Crippen LogP contribution in [0.15, 0.2) is 42.5 Å². The number of hydrogen-bond donors (Lipinski definition) is 1. The lowest BCUT2D eigenvalue weighted by atomic mass is 10.1. The third kappa shape index (κ3) is 5.17. The van der Waals surface area contributed by atoms with Crippen molar-refractivity contribution in [3.8, 4) is 0 Å². The highest BCUT2D eigenvalue weighted by atomic mass is 16.5. The number of aryl methyl sites for hydroxylation is 2. The number of rotatable bonds is 6. The van der Waals surface area contributed by atoms with Crippen molar-refractivity contribution in [2.45, 2.75) is 20.3 Å². The highest BCUT2D eigenvalue weighted by Gasteiger charge is 2.13. The molecule has 6 nitrogen and oxygen atoms in total. The van der Waals surface area contributed by atoms with Crippen molar-refractivity contribution in [2.24, 2.45) is 0 Å². The van der Waals surface area contributed by atoms with E-state index in [1.807, 2.05) is 31.2 Å². The Morgan fingerprint density at radius 2 is 1.73 bits per heavy atom. The molecule has 0 spiro atoms. The second-order valence-corrected chi connectivity index (χ2v) is 5.83. The molecule has 6 heteroatoms. The largest absolute Gasteiger partial charge is 0.465 e. The van der Waals surface area contributed by atoms with Gasteiger partial charge < -0.3 is 14.8 Å². The summed E-state index contributed by atoms with van der Waals surface area (Å²) in [5.74, 6) is -1.45. The van der Waals surface area contributed by atoms with E-state index in [0.29, 0.717) is 11.3 Å². The number of amides is 1. The number of benzene rings is 2. The van der Waals surface area contributed by atoms with Gasteiger partial charge in [0.1, 0.15) is 0 Å². The molecule has 1 N–H and O–H groups in total. The SMILES string of the molecule is COC(=O)c1ccc(C)c(NC(=O)COC(=O)Cc2ccccc2C)c1. The molecule has 0 fully saturated rings. The number of methoxy groups -OCH3 is 1. The molecule has 26 heavy (non-hydrogen) atoms. The number of esters is 2. The van der Waals surface area contributed by atoms with Crippen LogP contribution in [0.1, 0.15) is 27.0 Å². The average Bonchev–Trinajstić information content (AvgIpc) is 2.63. The third-order valence-electron chi connectivity index (χ3n) is 3.89. The zero-order valence-electron chi connectivity index (χ0n) is 15.0. The van der Waals surface area contributed by atoms with Gasteiger partial charge in [0.25, 0.3) is 5.91 Å². The molecule has 0 aromatic heterocycles. The van der Waals surface area contributed by atoms with Gasteiger partial charge >= 0.3 is 11.9 Å². The summed E-state index contributed by atoms with van der Waals surface area (Å²) >= 11 is 0. The molecule has 2 aromatic rings. The Morgan fingerprint density at radius 1 is 1.00 bits per heavy atom. The van der Waals surface area contributed by atoms with E-state index >= 15 is 0 Å². The fraction of sp³-hybridized carbons (Fsp3) is 0.250. The molecule has 0 aliphatic carbocycles. The average molecular weight is 355 g/mol. The van der Waals surface area contributed by atoms with E-state index in [1.54, 1.807) is 19.1 Å². The van der Waals surface area contributed by atoms with Crippen LogP contribution < -0.4 is 5.32 Å². The number of hydrogen-bond acceptors (Lipinski definition) is 5. The number of carbonyl (C=O) groups excluding carboxylic acids is 3. The highest BCUT2D eigenvalue weighted by Crippen LogP contribution is 2.17. The molecule has 0 saturated carbocycles. The maximum Gasteiger partial charge on any atom is 0.337 e. The number of carbonyl (C=O) groups is 3. The maximum atomic E-state index is 12.0. The first-order chi connectivity index (χ1) is 12.4. The van der Waals surface area contributed by atoms with Crippen LogP contribution in [0.2, 0.25) is 0 Å². The molecule has 0 heterocycles. The minimum absolute atomic E-state index is 0.108. The Hall–Kier alpha value is -3.15. The fourth-order valence-corrected chi connectivity index (χ4v) is 2.35. The van der Waals surface area contributed by atoms with Crippen LogP contribution in [-0.4, -0.2) is 31.6 Å². The van der Waals surface area contributed by atoms with E-state index in [9.17, 15) is 14.4 Å². The number of ether oxygens (including phenoxy) is 2. The van der Waals surface area contributed by atoms with Crippen LogP contribution in [0.4, 0.5) is 5.69 Å². The Bertz CT molecular complexity index is 829. The van der Waals surface area contributed by atoms with E-state index in [4.69, 9.17) is 4.74 Å². The standard InChI is InChI=1S/C20H21NO5/c1-13-6-4-5-7-15(13)11-19(23)26-12-18(22)21-17-10-16(20(24)25-3)9-8-14(17)2/h4-10H,11-12H2,1-3H3,(H,21,22). The van der Waals surface area contributed by atoms with Crippen molar-refractivity contribution in [1.29, 1.82) is 0 Å². The van der Waals surface area contributed by atoms with Gasteiger partial charge in [0.05, 0.1) is 19.1 Å². The van der Waals surface area contributed by atoms with Gasteiger partial charge in [-0.05, 0) is 42.7 Å². The van der Waals surface area contributed by atoms with Crippen LogP contribution in [0.5, 0.6) is 0 Å². The quantitative estimate of drug-likeness (QED) is 0.806. The molecule has 0 aliphatic heterocycles. The molecule has 136 valence electrons. The number of nitrogens with one attached hydrogen (secondary N) is 1. The highest BCUT2D eigenvalue weighted by molar-refractivity contribution is 5.96. The van der Waals surface area contributed by atoms with Gasteiger partial charge in [0.2, 0.25) is 0 Å². The molecule has 2 rings (SSSR count). The van der Waals surface area contributed by atoms with Crippen LogP contribution in [0, 0.1) is 13.8 Å². The van der Waals surface area contributed by atoms with Crippen molar-refractivity contribution >= 4 is 23.5 Å². The molecular weight excluding hydrogens is 334 g/mol. The van der Waals surface area contributed by atoms with Crippen LogP contribution >= 0.6 is 0 Å². The zero-order valence-corrected chi connectivity index (χ0v) is 15.0. The monoisotopic (exact) mass is 355 g/mol. The maximum absolute atomic E-state index is 12.0. The predicted molar refractivity (Wildman–Crippen MR) is 97.0 cm³/mol.